The molecule has 24 heavy (non-hydrogen) atoms. The van der Waals surface area contributed by atoms with E-state index in [9.17, 15) is 4.79 Å². The second-order valence-corrected chi connectivity index (χ2v) is 6.22. The highest BCUT2D eigenvalue weighted by Crippen LogP contribution is 2.28. The predicted octanol–water partition coefficient (Wildman–Crippen LogP) is 2.86. The Kier molecular flexibility index (Phi) is 3.62. The summed E-state index contributed by atoms with van der Waals surface area (Å²) in [6.07, 6.45) is 3.44. The Labute approximate surface area is 142 Å². The Morgan fingerprint density at radius 3 is 2.83 bits per heavy atom. The number of imidazole rings is 1. The molecular weight excluding hydrogens is 322 g/mol. The van der Waals surface area contributed by atoms with E-state index < -0.39 is 0 Å². The van der Waals surface area contributed by atoms with E-state index >= 15 is 0 Å². The number of benzene rings is 1. The van der Waals surface area contributed by atoms with Crippen LogP contribution in [0.2, 0.25) is 0 Å². The molecule has 1 N–H and O–H groups in total. The largest absolute Gasteiger partial charge is 0.328 e. The third kappa shape index (κ3) is 2.69. The van der Waals surface area contributed by atoms with E-state index in [4.69, 9.17) is 0 Å². The number of amides is 1. The maximum absolute atomic E-state index is 12.2. The number of thioether (sulfide) groups is 1. The number of pyridine rings is 1. The number of nitrogens with zero attached hydrogens (tertiary/aromatic N) is 4. The van der Waals surface area contributed by atoms with Crippen LogP contribution < -0.4 is 5.32 Å². The van der Waals surface area contributed by atoms with Gasteiger partial charge in [-0.05, 0) is 36.0 Å². The maximum Gasteiger partial charge on any atom is 0.264 e. The summed E-state index contributed by atoms with van der Waals surface area (Å²) in [7, 11) is 1.93. The molecule has 1 fully saturated rings. The first-order chi connectivity index (χ1) is 11.7. The van der Waals surface area contributed by atoms with Gasteiger partial charge in [-0.3, -0.25) is 4.79 Å². The van der Waals surface area contributed by atoms with Crippen molar-refractivity contribution in [3.05, 3.63) is 59.4 Å². The quantitative estimate of drug-likeness (QED) is 0.731. The zero-order valence-electron chi connectivity index (χ0n) is 12.8. The number of carbonyl (C=O) groups is 1. The molecule has 0 saturated carbocycles. The van der Waals surface area contributed by atoms with E-state index in [-0.39, 0.29) is 5.91 Å². The van der Waals surface area contributed by atoms with Crippen molar-refractivity contribution in [2.45, 2.75) is 0 Å². The summed E-state index contributed by atoms with van der Waals surface area (Å²) in [6.45, 7) is 0. The topological polar surface area (TPSA) is 72.2 Å². The summed E-state index contributed by atoms with van der Waals surface area (Å²) in [5.74, 6) is 1.11. The minimum atomic E-state index is -0.179. The maximum atomic E-state index is 12.2. The average molecular weight is 335 g/mol. The van der Waals surface area contributed by atoms with Crippen molar-refractivity contribution in [2.75, 3.05) is 0 Å². The fraction of sp³-hybridized carbons (Fsp3) is 0.0588. The van der Waals surface area contributed by atoms with Gasteiger partial charge in [-0.2, -0.15) is 0 Å². The van der Waals surface area contributed by atoms with Crippen LogP contribution in [0.5, 0.6) is 0 Å². The van der Waals surface area contributed by atoms with Gasteiger partial charge in [0.2, 0.25) is 0 Å². The highest BCUT2D eigenvalue weighted by Gasteiger charge is 2.24. The second-order valence-electron chi connectivity index (χ2n) is 5.19. The Balaban J connectivity index is 1.66. The number of hydrogen-bond acceptors (Lipinski definition) is 5. The van der Waals surface area contributed by atoms with Crippen LogP contribution >= 0.6 is 11.8 Å². The number of aryl methyl sites for hydroxylation is 1. The van der Waals surface area contributed by atoms with Crippen molar-refractivity contribution in [3.8, 4) is 0 Å². The number of para-hydroxylation sites is 2. The minimum absolute atomic E-state index is 0.179. The number of aromatic nitrogens is 3. The van der Waals surface area contributed by atoms with Gasteiger partial charge in [0.15, 0.2) is 11.0 Å². The Bertz CT molecular complexity index is 991. The Morgan fingerprint density at radius 1 is 1.21 bits per heavy atom. The van der Waals surface area contributed by atoms with Crippen molar-refractivity contribution in [1.82, 2.24) is 19.9 Å². The predicted molar refractivity (Wildman–Crippen MR) is 95.8 cm³/mol. The van der Waals surface area contributed by atoms with Crippen LogP contribution in [0.15, 0.2) is 58.6 Å². The molecular formula is C17H13N5OS. The molecule has 7 heteroatoms. The standard InChI is InChI=1S/C17H13N5OS/c1-22-12-7-3-2-6-11(12)19-15(22)10-13-16(23)21-17(24-13)20-14-8-4-5-9-18-14/h2-10H,1H3,(H,18,20,21,23). The molecule has 1 aliphatic rings. The van der Waals surface area contributed by atoms with Crippen molar-refractivity contribution in [3.63, 3.8) is 0 Å². The van der Waals surface area contributed by atoms with E-state index in [1.807, 2.05) is 48.0 Å². The Hall–Kier alpha value is -2.93. The van der Waals surface area contributed by atoms with Crippen molar-refractivity contribution in [2.24, 2.45) is 12.0 Å². The summed E-state index contributed by atoms with van der Waals surface area (Å²) >= 11 is 1.28. The average Bonchev–Trinajstić information content (AvgIpc) is 3.09. The van der Waals surface area contributed by atoms with Crippen molar-refractivity contribution >= 4 is 45.8 Å². The fourth-order valence-electron chi connectivity index (χ4n) is 2.41. The Morgan fingerprint density at radius 2 is 2.04 bits per heavy atom. The van der Waals surface area contributed by atoms with Gasteiger partial charge in [-0.25, -0.2) is 15.0 Å². The monoisotopic (exact) mass is 335 g/mol. The van der Waals surface area contributed by atoms with Gasteiger partial charge in [0.05, 0.1) is 15.9 Å². The summed E-state index contributed by atoms with van der Waals surface area (Å²) in [5.41, 5.74) is 1.92. The number of rotatable bonds is 2. The van der Waals surface area contributed by atoms with Crippen molar-refractivity contribution in [1.29, 1.82) is 0 Å². The molecule has 1 amide bonds. The van der Waals surface area contributed by atoms with Crippen LogP contribution in [-0.4, -0.2) is 25.6 Å². The highest BCUT2D eigenvalue weighted by atomic mass is 32.2. The van der Waals surface area contributed by atoms with Gasteiger partial charge in [0, 0.05) is 19.3 Å². The summed E-state index contributed by atoms with van der Waals surface area (Å²) in [5, 5.41) is 3.27. The number of hydrogen-bond donors (Lipinski definition) is 1. The molecule has 3 heterocycles. The van der Waals surface area contributed by atoms with E-state index in [0.29, 0.717) is 15.9 Å². The van der Waals surface area contributed by atoms with Crippen molar-refractivity contribution < 1.29 is 4.79 Å². The zero-order chi connectivity index (χ0) is 16.5. The third-order valence-corrected chi connectivity index (χ3v) is 4.51. The number of fused-ring (bicyclic) bond motifs is 1. The van der Waals surface area contributed by atoms with Gasteiger partial charge in [-0.15, -0.1) is 0 Å². The van der Waals surface area contributed by atoms with Gasteiger partial charge in [0.1, 0.15) is 5.82 Å². The molecule has 2 aromatic heterocycles. The van der Waals surface area contributed by atoms with Gasteiger partial charge in [-0.1, -0.05) is 18.2 Å². The fourth-order valence-corrected chi connectivity index (χ4v) is 3.21. The van der Waals surface area contributed by atoms with Crippen LogP contribution in [0.25, 0.3) is 17.1 Å². The minimum Gasteiger partial charge on any atom is -0.328 e. The van der Waals surface area contributed by atoms with E-state index in [2.05, 4.69) is 20.3 Å². The lowest BCUT2D eigenvalue weighted by atomic mass is 10.3. The summed E-state index contributed by atoms with van der Waals surface area (Å²) in [6, 6.07) is 13.3. The van der Waals surface area contributed by atoms with Crippen LogP contribution in [0.3, 0.4) is 0 Å². The molecule has 0 atom stereocenters. The normalized spacial score (nSPS) is 17.8. The SMILES string of the molecule is Cn1c(C=C2SC(=Nc3ccccn3)NC2=O)nc2ccccc21. The zero-order valence-corrected chi connectivity index (χ0v) is 13.6. The summed E-state index contributed by atoms with van der Waals surface area (Å²) < 4.78 is 1.96. The lowest BCUT2D eigenvalue weighted by Crippen LogP contribution is -2.19. The molecule has 0 aliphatic carbocycles. The number of aliphatic imine (C=N–C) groups is 1. The molecule has 0 unspecified atom stereocenters. The smallest absolute Gasteiger partial charge is 0.264 e. The molecule has 6 nitrogen and oxygen atoms in total. The summed E-state index contributed by atoms with van der Waals surface area (Å²) in [4.78, 5) is 25.8. The van der Waals surface area contributed by atoms with Crippen LogP contribution in [0, 0.1) is 0 Å². The molecule has 0 spiro atoms. The molecule has 3 aromatic rings. The number of amidine groups is 1. The van der Waals surface area contributed by atoms with E-state index in [1.54, 1.807) is 18.3 Å². The highest BCUT2D eigenvalue weighted by molar-refractivity contribution is 8.18. The molecule has 1 aliphatic heterocycles. The molecule has 1 saturated heterocycles. The number of carbonyl (C=O) groups excluding carboxylic acids is 1. The van der Waals surface area contributed by atoms with Crippen LogP contribution in [0.4, 0.5) is 5.82 Å². The molecule has 4 rings (SSSR count). The van der Waals surface area contributed by atoms with Gasteiger partial charge >= 0.3 is 0 Å². The third-order valence-electron chi connectivity index (χ3n) is 3.60. The first-order valence-corrected chi connectivity index (χ1v) is 8.14. The first kappa shape index (κ1) is 14.6. The molecule has 0 bridgehead atoms. The second kappa shape index (κ2) is 5.93. The first-order valence-electron chi connectivity index (χ1n) is 7.33. The molecule has 1 aromatic carbocycles. The van der Waals surface area contributed by atoms with Gasteiger partial charge in [0.25, 0.3) is 5.91 Å². The molecule has 0 radical (unpaired) electrons. The van der Waals surface area contributed by atoms with E-state index in [1.165, 1.54) is 11.8 Å². The lowest BCUT2D eigenvalue weighted by molar-refractivity contribution is -0.115. The van der Waals surface area contributed by atoms with Gasteiger partial charge < -0.3 is 9.88 Å². The van der Waals surface area contributed by atoms with E-state index in [0.717, 1.165) is 16.9 Å². The molecule has 118 valence electrons. The lowest BCUT2D eigenvalue weighted by Gasteiger charge is -1.97. The van der Waals surface area contributed by atoms with Crippen LogP contribution in [-0.2, 0) is 11.8 Å². The number of nitrogens with one attached hydrogen (secondary N) is 1. The van der Waals surface area contributed by atoms with Crippen LogP contribution in [0.1, 0.15) is 5.82 Å².